The standard InChI is InChI=1S/C36H44N2O4.CH4/c1-23(2)8-5-10-25-14-16-29-31(19-25)35(41)37(33(29)39)21-27-12-7-13-28(18-27)22-38-34(40)30-17-15-26(11-6-9-24(3)4)20-32(30)36(38)42;/h7-9,12-15,18,29-32H,5-6,10-11,16-17,19-22H2,1-4H3;1H4. The van der Waals surface area contributed by atoms with Crippen molar-refractivity contribution in [3.63, 3.8) is 0 Å². The number of likely N-dealkylation sites (tertiary alicyclic amines) is 2. The van der Waals surface area contributed by atoms with Gasteiger partial charge >= 0.3 is 0 Å². The summed E-state index contributed by atoms with van der Waals surface area (Å²) in [6, 6.07) is 7.63. The zero-order valence-corrected chi connectivity index (χ0v) is 25.5. The molecule has 0 spiro atoms. The molecule has 1 aromatic rings. The van der Waals surface area contributed by atoms with E-state index in [9.17, 15) is 19.2 Å². The fourth-order valence-electron chi connectivity index (χ4n) is 7.02. The smallest absolute Gasteiger partial charge is 0.233 e. The van der Waals surface area contributed by atoms with E-state index in [2.05, 4.69) is 52.0 Å². The van der Waals surface area contributed by atoms with Gasteiger partial charge in [-0.25, -0.2) is 0 Å². The van der Waals surface area contributed by atoms with Crippen molar-refractivity contribution >= 4 is 23.6 Å². The van der Waals surface area contributed by atoms with Crippen molar-refractivity contribution < 1.29 is 19.2 Å². The summed E-state index contributed by atoms with van der Waals surface area (Å²) < 4.78 is 0. The van der Waals surface area contributed by atoms with Crippen LogP contribution in [0.4, 0.5) is 0 Å². The lowest BCUT2D eigenvalue weighted by Gasteiger charge is -2.21. The van der Waals surface area contributed by atoms with Gasteiger partial charge in [0.05, 0.1) is 36.8 Å². The lowest BCUT2D eigenvalue weighted by molar-refractivity contribution is -0.142. The Balaban J connectivity index is 0.00000423. The SMILES string of the molecule is C.CC(C)=CCCC1=CCC2C(=O)N(Cc3cccc(CN4C(=O)C5CC=C(CCC=C(C)C)CC5C4=O)c3)C(=O)C2C1. The highest BCUT2D eigenvalue weighted by atomic mass is 16.2. The lowest BCUT2D eigenvalue weighted by atomic mass is 9.80. The summed E-state index contributed by atoms with van der Waals surface area (Å²) in [6.45, 7) is 8.80. The maximum atomic E-state index is 13.4. The number of imide groups is 2. The van der Waals surface area contributed by atoms with Gasteiger partial charge in [0.15, 0.2) is 0 Å². The minimum atomic E-state index is -0.268. The second-order valence-electron chi connectivity index (χ2n) is 13.0. The second-order valence-corrected chi connectivity index (χ2v) is 13.0. The average molecular weight is 585 g/mol. The number of hydrogen-bond donors (Lipinski definition) is 0. The molecule has 4 atom stereocenters. The first-order valence-electron chi connectivity index (χ1n) is 15.5. The molecule has 4 unspecified atom stereocenters. The predicted molar refractivity (Wildman–Crippen MR) is 170 cm³/mol. The molecule has 2 fully saturated rings. The van der Waals surface area contributed by atoms with Crippen LogP contribution in [0.1, 0.15) is 97.6 Å². The number of rotatable bonds is 10. The van der Waals surface area contributed by atoms with Crippen molar-refractivity contribution in [2.75, 3.05) is 0 Å². The van der Waals surface area contributed by atoms with Crippen LogP contribution in [-0.2, 0) is 32.3 Å². The first-order chi connectivity index (χ1) is 20.1. The van der Waals surface area contributed by atoms with Crippen molar-refractivity contribution in [1.29, 1.82) is 0 Å². The van der Waals surface area contributed by atoms with Crippen LogP contribution in [0.5, 0.6) is 0 Å². The van der Waals surface area contributed by atoms with Gasteiger partial charge < -0.3 is 0 Å². The van der Waals surface area contributed by atoms with Gasteiger partial charge in [-0.05, 0) is 90.2 Å². The number of hydrogen-bond acceptors (Lipinski definition) is 4. The third kappa shape index (κ3) is 7.17. The zero-order chi connectivity index (χ0) is 30.0. The van der Waals surface area contributed by atoms with Crippen molar-refractivity contribution in [1.82, 2.24) is 9.80 Å². The maximum Gasteiger partial charge on any atom is 0.233 e. The summed E-state index contributed by atoms with van der Waals surface area (Å²) in [4.78, 5) is 56.1. The van der Waals surface area contributed by atoms with Gasteiger partial charge in [0.25, 0.3) is 0 Å². The largest absolute Gasteiger partial charge is 0.278 e. The van der Waals surface area contributed by atoms with Crippen LogP contribution in [0.3, 0.4) is 0 Å². The normalized spacial score (nSPS) is 24.7. The number of allylic oxidation sites excluding steroid dienone is 8. The number of fused-ring (bicyclic) bond motifs is 2. The molecule has 0 radical (unpaired) electrons. The van der Waals surface area contributed by atoms with E-state index in [0.29, 0.717) is 25.7 Å². The summed E-state index contributed by atoms with van der Waals surface area (Å²) in [5.74, 6) is -1.40. The third-order valence-corrected chi connectivity index (χ3v) is 9.30. The summed E-state index contributed by atoms with van der Waals surface area (Å²) >= 11 is 0. The Kier molecular flexibility index (Phi) is 10.4. The van der Waals surface area contributed by atoms with E-state index in [-0.39, 0.29) is 67.8 Å². The van der Waals surface area contributed by atoms with Gasteiger partial charge in [0.2, 0.25) is 23.6 Å². The molecule has 4 aliphatic rings. The molecular formula is C37H48N2O4. The van der Waals surface area contributed by atoms with Gasteiger partial charge in [-0.1, -0.05) is 78.3 Å². The summed E-state index contributed by atoms with van der Waals surface area (Å²) in [5, 5.41) is 0. The Hall–Kier alpha value is -3.54. The Labute approximate surface area is 257 Å². The Morgan fingerprint density at radius 3 is 1.47 bits per heavy atom. The molecule has 0 saturated carbocycles. The molecular weight excluding hydrogens is 536 g/mol. The van der Waals surface area contributed by atoms with Crippen LogP contribution in [0, 0.1) is 23.7 Å². The Morgan fingerprint density at radius 2 is 1.07 bits per heavy atom. The van der Waals surface area contributed by atoms with E-state index in [0.717, 1.165) is 36.8 Å². The molecule has 6 heteroatoms. The van der Waals surface area contributed by atoms with Crippen LogP contribution in [0.25, 0.3) is 0 Å². The van der Waals surface area contributed by atoms with E-state index < -0.39 is 0 Å². The quantitative estimate of drug-likeness (QED) is 0.211. The molecule has 0 bridgehead atoms. The number of amides is 4. The van der Waals surface area contributed by atoms with Gasteiger partial charge in [-0.15, -0.1) is 0 Å². The number of carbonyl (C=O) groups excluding carboxylic acids is 4. The third-order valence-electron chi connectivity index (χ3n) is 9.30. The molecule has 2 saturated heterocycles. The fraction of sp³-hybridized carbons (Fsp3) is 0.514. The molecule has 230 valence electrons. The van der Waals surface area contributed by atoms with Crippen molar-refractivity contribution in [2.24, 2.45) is 23.7 Å². The van der Waals surface area contributed by atoms with Gasteiger partial charge in [-0.2, -0.15) is 0 Å². The highest BCUT2D eigenvalue weighted by molar-refractivity contribution is 6.06. The molecule has 0 aromatic heterocycles. The van der Waals surface area contributed by atoms with Crippen LogP contribution < -0.4 is 0 Å². The fourth-order valence-corrected chi connectivity index (χ4v) is 7.02. The van der Waals surface area contributed by atoms with E-state index in [1.54, 1.807) is 0 Å². The average Bonchev–Trinajstić information content (AvgIpc) is 3.32. The first-order valence-corrected chi connectivity index (χ1v) is 15.5. The van der Waals surface area contributed by atoms with Gasteiger partial charge in [0.1, 0.15) is 0 Å². The molecule has 43 heavy (non-hydrogen) atoms. The minimum Gasteiger partial charge on any atom is -0.278 e. The van der Waals surface area contributed by atoms with Crippen LogP contribution in [0.15, 0.2) is 70.9 Å². The van der Waals surface area contributed by atoms with E-state index >= 15 is 0 Å². The Morgan fingerprint density at radius 1 is 0.674 bits per heavy atom. The number of benzene rings is 1. The number of nitrogens with zero attached hydrogens (tertiary/aromatic N) is 2. The zero-order valence-electron chi connectivity index (χ0n) is 25.5. The van der Waals surface area contributed by atoms with E-state index in [1.165, 1.54) is 32.1 Å². The molecule has 0 N–H and O–H groups in total. The second kappa shape index (κ2) is 13.8. The topological polar surface area (TPSA) is 74.8 Å². The maximum absolute atomic E-state index is 13.4. The highest BCUT2D eigenvalue weighted by Crippen LogP contribution is 2.41. The van der Waals surface area contributed by atoms with Crippen LogP contribution in [-0.4, -0.2) is 33.4 Å². The van der Waals surface area contributed by atoms with Crippen LogP contribution in [0.2, 0.25) is 0 Å². The molecule has 2 heterocycles. The van der Waals surface area contributed by atoms with E-state index in [4.69, 9.17) is 0 Å². The molecule has 2 aliphatic carbocycles. The Bertz CT molecular complexity index is 1290. The van der Waals surface area contributed by atoms with Crippen LogP contribution >= 0.6 is 0 Å². The summed E-state index contributed by atoms with van der Waals surface area (Å²) in [7, 11) is 0. The molecule has 2 aliphatic heterocycles. The highest BCUT2D eigenvalue weighted by Gasteiger charge is 2.49. The lowest BCUT2D eigenvalue weighted by Crippen LogP contribution is -2.31. The molecule has 5 rings (SSSR count). The minimum absolute atomic E-state index is 0. The van der Waals surface area contributed by atoms with Gasteiger partial charge in [0, 0.05) is 0 Å². The van der Waals surface area contributed by atoms with Crippen molar-refractivity contribution in [2.45, 2.75) is 99.6 Å². The van der Waals surface area contributed by atoms with Gasteiger partial charge in [-0.3, -0.25) is 29.0 Å². The first kappa shape index (κ1) is 32.4. The number of carbonyl (C=O) groups is 4. The monoisotopic (exact) mass is 584 g/mol. The summed E-state index contributed by atoms with van der Waals surface area (Å²) in [6.07, 6.45) is 15.1. The predicted octanol–water partition coefficient (Wildman–Crippen LogP) is 7.46. The molecule has 6 nitrogen and oxygen atoms in total. The van der Waals surface area contributed by atoms with Crippen molar-refractivity contribution in [3.05, 3.63) is 82.0 Å². The molecule has 4 amide bonds. The van der Waals surface area contributed by atoms with Crippen molar-refractivity contribution in [3.8, 4) is 0 Å². The molecule has 1 aromatic carbocycles. The van der Waals surface area contributed by atoms with E-state index in [1.807, 2.05) is 24.3 Å². The summed E-state index contributed by atoms with van der Waals surface area (Å²) in [5.41, 5.74) is 6.80.